The maximum atomic E-state index is 12.9. The molecule has 1 aromatic heterocycles. The Bertz CT molecular complexity index is 1370. The molecule has 0 unspecified atom stereocenters. The van der Waals surface area contributed by atoms with Gasteiger partial charge in [-0.3, -0.25) is 4.79 Å². The van der Waals surface area contributed by atoms with Crippen molar-refractivity contribution in [1.82, 2.24) is 0 Å². The van der Waals surface area contributed by atoms with Crippen molar-refractivity contribution < 1.29 is 23.4 Å². The van der Waals surface area contributed by atoms with Crippen molar-refractivity contribution in [2.24, 2.45) is 0 Å². The number of rotatable bonds is 4. The van der Waals surface area contributed by atoms with E-state index in [4.69, 9.17) is 18.6 Å². The Balaban J connectivity index is 1.38. The molecule has 0 N–H and O–H groups in total. The molecular formula is C25H16O6. The normalized spacial score (nSPS) is 12.4. The second-order valence-electron chi connectivity index (χ2n) is 6.87. The smallest absolute Gasteiger partial charge is 0.336 e. The Labute approximate surface area is 176 Å². The summed E-state index contributed by atoms with van der Waals surface area (Å²) >= 11 is 0. The Morgan fingerprint density at radius 1 is 0.935 bits per heavy atom. The summed E-state index contributed by atoms with van der Waals surface area (Å²) in [5, 5.41) is 0.339. The van der Waals surface area contributed by atoms with Crippen LogP contribution in [0.2, 0.25) is 0 Å². The summed E-state index contributed by atoms with van der Waals surface area (Å²) in [6.45, 7) is 0.187. The topological polar surface area (TPSA) is 75.0 Å². The molecule has 0 aliphatic carbocycles. The Hall–Kier alpha value is -4.32. The SMILES string of the molecule is O=C(/C=C/c1ccc2c(c1)OCO2)Oc1ccc2occ(-c3ccccc3)c(=O)c2c1. The van der Waals surface area contributed by atoms with Gasteiger partial charge in [-0.05, 0) is 47.5 Å². The van der Waals surface area contributed by atoms with Crippen LogP contribution in [0.25, 0.3) is 28.2 Å². The third-order valence-electron chi connectivity index (χ3n) is 4.86. The minimum atomic E-state index is -0.569. The molecule has 0 bridgehead atoms. The standard InChI is InChI=1S/C25H16O6/c26-24(11-7-16-6-9-22-23(12-16)30-15-29-22)31-18-8-10-21-19(13-18)25(27)20(14-28-21)17-4-2-1-3-5-17/h1-14H,15H2/b11-7+. The van der Waals surface area contributed by atoms with E-state index in [0.717, 1.165) is 11.1 Å². The molecule has 0 saturated carbocycles. The van der Waals surface area contributed by atoms with Gasteiger partial charge in [0.15, 0.2) is 11.5 Å². The average Bonchev–Trinajstić information content (AvgIpc) is 3.27. The van der Waals surface area contributed by atoms with Crippen LogP contribution in [0.3, 0.4) is 0 Å². The van der Waals surface area contributed by atoms with Crippen molar-refractivity contribution in [1.29, 1.82) is 0 Å². The van der Waals surface area contributed by atoms with Crippen LogP contribution in [0.5, 0.6) is 17.2 Å². The highest BCUT2D eigenvalue weighted by Crippen LogP contribution is 2.32. The van der Waals surface area contributed by atoms with Gasteiger partial charge in [-0.15, -0.1) is 0 Å². The maximum Gasteiger partial charge on any atom is 0.336 e. The Kier molecular flexibility index (Phi) is 4.72. The van der Waals surface area contributed by atoms with Crippen molar-refractivity contribution in [2.45, 2.75) is 0 Å². The molecule has 31 heavy (non-hydrogen) atoms. The second kappa shape index (κ2) is 7.84. The summed E-state index contributed by atoms with van der Waals surface area (Å²) in [4.78, 5) is 25.2. The molecule has 6 heteroatoms. The van der Waals surface area contributed by atoms with Crippen molar-refractivity contribution in [3.63, 3.8) is 0 Å². The monoisotopic (exact) mass is 412 g/mol. The molecular weight excluding hydrogens is 396 g/mol. The van der Waals surface area contributed by atoms with Gasteiger partial charge in [0.25, 0.3) is 0 Å². The highest BCUT2D eigenvalue weighted by Gasteiger charge is 2.13. The Morgan fingerprint density at radius 3 is 2.65 bits per heavy atom. The number of carbonyl (C=O) groups excluding carboxylic acids is 1. The van der Waals surface area contributed by atoms with E-state index in [1.54, 1.807) is 30.3 Å². The minimum absolute atomic E-state index is 0.187. The first-order valence-electron chi connectivity index (χ1n) is 9.58. The van der Waals surface area contributed by atoms with Gasteiger partial charge in [0, 0.05) is 6.08 Å². The highest BCUT2D eigenvalue weighted by molar-refractivity contribution is 5.90. The van der Waals surface area contributed by atoms with Crippen LogP contribution in [0.1, 0.15) is 5.56 Å². The largest absolute Gasteiger partial charge is 0.463 e. The predicted octanol–water partition coefficient (Wildman–Crippen LogP) is 4.81. The van der Waals surface area contributed by atoms with Crippen molar-refractivity contribution in [3.8, 4) is 28.4 Å². The minimum Gasteiger partial charge on any atom is -0.463 e. The van der Waals surface area contributed by atoms with Crippen LogP contribution in [-0.4, -0.2) is 12.8 Å². The fourth-order valence-corrected chi connectivity index (χ4v) is 3.32. The molecule has 3 aromatic carbocycles. The van der Waals surface area contributed by atoms with Crippen molar-refractivity contribution in [2.75, 3.05) is 6.79 Å². The fraction of sp³-hybridized carbons (Fsp3) is 0.0400. The van der Waals surface area contributed by atoms with E-state index in [-0.39, 0.29) is 18.0 Å². The van der Waals surface area contributed by atoms with E-state index in [2.05, 4.69) is 0 Å². The van der Waals surface area contributed by atoms with Crippen molar-refractivity contribution in [3.05, 3.63) is 94.9 Å². The second-order valence-corrected chi connectivity index (χ2v) is 6.87. The van der Waals surface area contributed by atoms with E-state index in [0.29, 0.717) is 28.0 Å². The van der Waals surface area contributed by atoms with E-state index in [1.807, 2.05) is 36.4 Å². The fourth-order valence-electron chi connectivity index (χ4n) is 3.32. The zero-order valence-electron chi connectivity index (χ0n) is 16.2. The van der Waals surface area contributed by atoms with Crippen LogP contribution in [0.15, 0.2) is 88.3 Å². The molecule has 0 fully saturated rings. The van der Waals surface area contributed by atoms with Gasteiger partial charge in [-0.2, -0.15) is 0 Å². The highest BCUT2D eigenvalue weighted by atomic mass is 16.7. The first-order chi connectivity index (χ1) is 15.2. The van der Waals surface area contributed by atoms with Crippen LogP contribution in [0, 0.1) is 0 Å². The molecule has 4 aromatic rings. The van der Waals surface area contributed by atoms with Crippen molar-refractivity contribution >= 4 is 23.0 Å². The lowest BCUT2D eigenvalue weighted by atomic mass is 10.1. The van der Waals surface area contributed by atoms with Gasteiger partial charge in [-0.1, -0.05) is 36.4 Å². The van der Waals surface area contributed by atoms with E-state index >= 15 is 0 Å². The Morgan fingerprint density at radius 2 is 1.77 bits per heavy atom. The third kappa shape index (κ3) is 3.79. The number of carbonyl (C=O) groups is 1. The van der Waals surface area contributed by atoms with E-state index in [1.165, 1.54) is 18.4 Å². The molecule has 1 aliphatic heterocycles. The summed E-state index contributed by atoms with van der Waals surface area (Å²) in [5.41, 5.74) is 2.20. The maximum absolute atomic E-state index is 12.9. The van der Waals surface area contributed by atoms with E-state index < -0.39 is 5.97 Å². The van der Waals surface area contributed by atoms with Gasteiger partial charge in [0.05, 0.1) is 10.9 Å². The number of fused-ring (bicyclic) bond motifs is 2. The quantitative estimate of drug-likeness (QED) is 0.272. The van der Waals surface area contributed by atoms with Gasteiger partial charge in [0.2, 0.25) is 12.2 Å². The first kappa shape index (κ1) is 18.7. The molecule has 0 saturated heterocycles. The molecule has 0 atom stereocenters. The summed E-state index contributed by atoms with van der Waals surface area (Å²) < 4.78 is 21.6. The molecule has 1 aliphatic rings. The molecule has 6 nitrogen and oxygen atoms in total. The lowest BCUT2D eigenvalue weighted by Gasteiger charge is -2.05. The number of ether oxygens (including phenoxy) is 3. The molecule has 0 spiro atoms. The zero-order valence-corrected chi connectivity index (χ0v) is 16.2. The van der Waals surface area contributed by atoms with Gasteiger partial charge in [-0.25, -0.2) is 4.79 Å². The van der Waals surface area contributed by atoms with Gasteiger partial charge in [0.1, 0.15) is 17.6 Å². The molecule has 2 heterocycles. The van der Waals surface area contributed by atoms with Crippen LogP contribution in [-0.2, 0) is 4.79 Å². The lowest BCUT2D eigenvalue weighted by molar-refractivity contribution is -0.128. The number of hydrogen-bond acceptors (Lipinski definition) is 6. The summed E-state index contributed by atoms with van der Waals surface area (Å²) in [5.74, 6) is 0.988. The molecule has 0 amide bonds. The molecule has 0 radical (unpaired) electrons. The summed E-state index contributed by atoms with van der Waals surface area (Å²) in [6, 6.07) is 19.3. The predicted molar refractivity (Wildman–Crippen MR) is 115 cm³/mol. The van der Waals surface area contributed by atoms with E-state index in [9.17, 15) is 9.59 Å². The average molecular weight is 412 g/mol. The zero-order chi connectivity index (χ0) is 21.2. The number of hydrogen-bond donors (Lipinski definition) is 0. The number of esters is 1. The molecule has 5 rings (SSSR count). The number of benzene rings is 3. The van der Waals surface area contributed by atoms with Crippen LogP contribution >= 0.6 is 0 Å². The van der Waals surface area contributed by atoms with Crippen LogP contribution in [0.4, 0.5) is 0 Å². The van der Waals surface area contributed by atoms with Gasteiger partial charge >= 0.3 is 5.97 Å². The molecule has 152 valence electrons. The van der Waals surface area contributed by atoms with Gasteiger partial charge < -0.3 is 18.6 Å². The lowest BCUT2D eigenvalue weighted by Crippen LogP contribution is -2.07. The summed E-state index contributed by atoms with van der Waals surface area (Å²) in [6.07, 6.45) is 4.37. The van der Waals surface area contributed by atoms with Crippen LogP contribution < -0.4 is 19.6 Å². The first-order valence-corrected chi connectivity index (χ1v) is 9.58. The summed E-state index contributed by atoms with van der Waals surface area (Å²) in [7, 11) is 0. The third-order valence-corrected chi connectivity index (χ3v) is 4.86.